The third-order valence-electron chi connectivity index (χ3n) is 4.71. The molecule has 120 valence electrons. The number of nitrogens with zero attached hydrogens (tertiary/aromatic N) is 2. The second-order valence-electron chi connectivity index (χ2n) is 6.81. The van der Waals surface area contributed by atoms with Crippen molar-refractivity contribution in [1.29, 1.82) is 0 Å². The predicted molar refractivity (Wildman–Crippen MR) is 92.8 cm³/mol. The fourth-order valence-corrected chi connectivity index (χ4v) is 3.43. The number of nitrogens with one attached hydrogen (secondary N) is 1. The van der Waals surface area contributed by atoms with Crippen LogP contribution in [0, 0.1) is 5.41 Å². The van der Waals surface area contributed by atoms with E-state index in [1.165, 1.54) is 5.56 Å². The molecule has 2 aromatic rings. The van der Waals surface area contributed by atoms with Gasteiger partial charge in [-0.25, -0.2) is 4.98 Å². The summed E-state index contributed by atoms with van der Waals surface area (Å²) in [5.74, 6) is 1.25. The Morgan fingerprint density at radius 1 is 1.26 bits per heavy atom. The SMILES string of the molecule is CNC(=O)c1ccnc(N2C[C@H](c3ccccc3)C(C)(C)C2)c1. The number of hydrogen-bond acceptors (Lipinski definition) is 3. The van der Waals surface area contributed by atoms with Gasteiger partial charge >= 0.3 is 0 Å². The molecule has 4 nitrogen and oxygen atoms in total. The van der Waals surface area contributed by atoms with E-state index in [1.54, 1.807) is 19.3 Å². The standard InChI is InChI=1S/C19H23N3O/c1-19(2)13-22(12-16(19)14-7-5-4-6-8-14)17-11-15(9-10-21-17)18(23)20-3/h4-11,16H,12-13H2,1-3H3,(H,20,23)/t16-/m1/s1. The van der Waals surface area contributed by atoms with Gasteiger partial charge in [-0.15, -0.1) is 0 Å². The molecule has 0 spiro atoms. The molecule has 1 aliphatic heterocycles. The lowest BCUT2D eigenvalue weighted by molar-refractivity contribution is 0.0963. The van der Waals surface area contributed by atoms with Crippen LogP contribution in [0.5, 0.6) is 0 Å². The van der Waals surface area contributed by atoms with E-state index < -0.39 is 0 Å². The monoisotopic (exact) mass is 309 g/mol. The first-order chi connectivity index (χ1) is 11.0. The number of anilines is 1. The molecule has 0 aliphatic carbocycles. The molecule has 1 aromatic carbocycles. The van der Waals surface area contributed by atoms with Crippen molar-refractivity contribution < 1.29 is 4.79 Å². The quantitative estimate of drug-likeness (QED) is 0.948. The van der Waals surface area contributed by atoms with Crippen LogP contribution in [0.2, 0.25) is 0 Å². The molecule has 1 fully saturated rings. The fourth-order valence-electron chi connectivity index (χ4n) is 3.43. The molecule has 1 atom stereocenters. The molecule has 0 radical (unpaired) electrons. The van der Waals surface area contributed by atoms with Gasteiger partial charge in [0, 0.05) is 37.8 Å². The zero-order valence-corrected chi connectivity index (χ0v) is 13.9. The third-order valence-corrected chi connectivity index (χ3v) is 4.71. The summed E-state index contributed by atoms with van der Waals surface area (Å²) >= 11 is 0. The van der Waals surface area contributed by atoms with Crippen LogP contribution >= 0.6 is 0 Å². The van der Waals surface area contributed by atoms with Gasteiger partial charge in [0.2, 0.25) is 0 Å². The zero-order chi connectivity index (χ0) is 16.4. The lowest BCUT2D eigenvalue weighted by atomic mass is 9.78. The molecule has 0 bridgehead atoms. The van der Waals surface area contributed by atoms with E-state index in [9.17, 15) is 4.79 Å². The fraction of sp³-hybridized carbons (Fsp3) is 0.368. The molecule has 2 heterocycles. The minimum atomic E-state index is -0.0771. The van der Waals surface area contributed by atoms with Crippen molar-refractivity contribution in [2.24, 2.45) is 5.41 Å². The van der Waals surface area contributed by atoms with Gasteiger partial charge in [0.25, 0.3) is 5.91 Å². The second kappa shape index (κ2) is 6.03. The van der Waals surface area contributed by atoms with E-state index in [-0.39, 0.29) is 11.3 Å². The Labute approximate surface area is 137 Å². The molecule has 0 saturated carbocycles. The topological polar surface area (TPSA) is 45.2 Å². The largest absolute Gasteiger partial charge is 0.355 e. The predicted octanol–water partition coefficient (Wildman–Crippen LogP) is 3.07. The lowest BCUT2D eigenvalue weighted by Crippen LogP contribution is -2.24. The van der Waals surface area contributed by atoms with Crippen LogP contribution < -0.4 is 10.2 Å². The Kier molecular flexibility index (Phi) is 4.07. The van der Waals surface area contributed by atoms with Crippen LogP contribution in [-0.2, 0) is 0 Å². The Hall–Kier alpha value is -2.36. The van der Waals surface area contributed by atoms with Crippen molar-refractivity contribution >= 4 is 11.7 Å². The summed E-state index contributed by atoms with van der Waals surface area (Å²) in [5, 5.41) is 2.66. The maximum Gasteiger partial charge on any atom is 0.251 e. The average molecular weight is 309 g/mol. The van der Waals surface area contributed by atoms with Crippen LogP contribution in [0.1, 0.15) is 35.7 Å². The van der Waals surface area contributed by atoms with Crippen LogP contribution in [0.25, 0.3) is 0 Å². The number of aromatic nitrogens is 1. The Morgan fingerprint density at radius 3 is 2.70 bits per heavy atom. The summed E-state index contributed by atoms with van der Waals surface area (Å²) in [5.41, 5.74) is 2.17. The highest BCUT2D eigenvalue weighted by Gasteiger charge is 2.40. The van der Waals surface area contributed by atoms with E-state index in [4.69, 9.17) is 0 Å². The van der Waals surface area contributed by atoms with Gasteiger partial charge in [0.1, 0.15) is 5.82 Å². The third kappa shape index (κ3) is 3.07. The molecule has 1 aliphatic rings. The van der Waals surface area contributed by atoms with Gasteiger partial charge in [0.05, 0.1) is 0 Å². The highest BCUT2D eigenvalue weighted by Crippen LogP contribution is 2.43. The number of pyridine rings is 1. The number of rotatable bonds is 3. The maximum absolute atomic E-state index is 11.8. The van der Waals surface area contributed by atoms with Gasteiger partial charge in [-0.2, -0.15) is 0 Å². The van der Waals surface area contributed by atoms with Crippen molar-refractivity contribution in [3.8, 4) is 0 Å². The number of carbonyl (C=O) groups excluding carboxylic acids is 1. The molecule has 1 saturated heterocycles. The molecule has 3 rings (SSSR count). The summed E-state index contributed by atoms with van der Waals surface area (Å²) in [6.07, 6.45) is 1.71. The van der Waals surface area contributed by atoms with E-state index in [0.717, 1.165) is 18.9 Å². The van der Waals surface area contributed by atoms with Gasteiger partial charge in [-0.05, 0) is 23.1 Å². The Balaban J connectivity index is 1.87. The second-order valence-corrected chi connectivity index (χ2v) is 6.81. The molecule has 1 N–H and O–H groups in total. The van der Waals surface area contributed by atoms with Crippen molar-refractivity contribution in [3.63, 3.8) is 0 Å². The van der Waals surface area contributed by atoms with Gasteiger partial charge < -0.3 is 10.2 Å². The minimum absolute atomic E-state index is 0.0771. The summed E-state index contributed by atoms with van der Waals surface area (Å²) in [4.78, 5) is 18.6. The van der Waals surface area contributed by atoms with Crippen LogP contribution in [-0.4, -0.2) is 31.0 Å². The molecule has 23 heavy (non-hydrogen) atoms. The first kappa shape index (κ1) is 15.5. The Morgan fingerprint density at radius 2 is 2.00 bits per heavy atom. The van der Waals surface area contributed by atoms with E-state index in [1.807, 2.05) is 6.07 Å². The van der Waals surface area contributed by atoms with Crippen LogP contribution in [0.15, 0.2) is 48.7 Å². The van der Waals surface area contributed by atoms with Gasteiger partial charge in [-0.1, -0.05) is 44.2 Å². The molecule has 4 heteroatoms. The summed E-state index contributed by atoms with van der Waals surface area (Å²) < 4.78 is 0. The highest BCUT2D eigenvalue weighted by molar-refractivity contribution is 5.94. The van der Waals surface area contributed by atoms with Gasteiger partial charge in [0.15, 0.2) is 0 Å². The van der Waals surface area contributed by atoms with E-state index in [0.29, 0.717) is 11.5 Å². The Bertz CT molecular complexity index is 697. The summed E-state index contributed by atoms with van der Waals surface area (Å²) in [7, 11) is 1.65. The normalized spacial score (nSPS) is 19.6. The van der Waals surface area contributed by atoms with Gasteiger partial charge in [-0.3, -0.25) is 4.79 Å². The number of amides is 1. The first-order valence-corrected chi connectivity index (χ1v) is 7.99. The zero-order valence-electron chi connectivity index (χ0n) is 13.9. The molecule has 1 aromatic heterocycles. The summed E-state index contributed by atoms with van der Waals surface area (Å²) in [6.45, 7) is 6.44. The van der Waals surface area contributed by atoms with Crippen molar-refractivity contribution in [2.45, 2.75) is 19.8 Å². The maximum atomic E-state index is 11.8. The summed E-state index contributed by atoms with van der Waals surface area (Å²) in [6, 6.07) is 14.3. The van der Waals surface area contributed by atoms with Crippen molar-refractivity contribution in [1.82, 2.24) is 10.3 Å². The van der Waals surface area contributed by atoms with Crippen molar-refractivity contribution in [2.75, 3.05) is 25.0 Å². The minimum Gasteiger partial charge on any atom is -0.355 e. The molecular weight excluding hydrogens is 286 g/mol. The number of hydrogen-bond donors (Lipinski definition) is 1. The van der Waals surface area contributed by atoms with E-state index in [2.05, 4.69) is 59.4 Å². The highest BCUT2D eigenvalue weighted by atomic mass is 16.1. The van der Waals surface area contributed by atoms with Crippen molar-refractivity contribution in [3.05, 3.63) is 59.8 Å². The number of benzene rings is 1. The van der Waals surface area contributed by atoms with Crippen LogP contribution in [0.4, 0.5) is 5.82 Å². The smallest absolute Gasteiger partial charge is 0.251 e. The van der Waals surface area contributed by atoms with Crippen LogP contribution in [0.3, 0.4) is 0 Å². The number of carbonyl (C=O) groups is 1. The first-order valence-electron chi connectivity index (χ1n) is 7.99. The molecule has 0 unspecified atom stereocenters. The molecular formula is C19H23N3O. The average Bonchev–Trinajstić information content (AvgIpc) is 2.90. The van der Waals surface area contributed by atoms with E-state index >= 15 is 0 Å². The lowest BCUT2D eigenvalue weighted by Gasteiger charge is -2.25. The molecule has 1 amide bonds.